The molecule has 24 heavy (non-hydrogen) atoms. The molecule has 2 rings (SSSR count). The molecule has 0 bridgehead atoms. The largest absolute Gasteiger partial charge is 0.497 e. The molecule has 8 nitrogen and oxygen atoms in total. The second kappa shape index (κ2) is 8.30. The Hall–Kier alpha value is -2.61. The van der Waals surface area contributed by atoms with Crippen LogP contribution in [0.4, 0.5) is 5.69 Å². The van der Waals surface area contributed by atoms with Gasteiger partial charge in [0.25, 0.3) is 0 Å². The molecule has 1 heterocycles. The first kappa shape index (κ1) is 17.7. The van der Waals surface area contributed by atoms with Crippen molar-refractivity contribution in [3.63, 3.8) is 0 Å². The van der Waals surface area contributed by atoms with E-state index in [1.54, 1.807) is 12.1 Å². The van der Waals surface area contributed by atoms with Crippen LogP contribution in [-0.4, -0.2) is 45.0 Å². The average Bonchev–Trinajstić information content (AvgIpc) is 2.62. The highest BCUT2D eigenvalue weighted by Crippen LogP contribution is 2.28. The van der Waals surface area contributed by atoms with Crippen LogP contribution < -0.4 is 25.4 Å². The van der Waals surface area contributed by atoms with Crippen LogP contribution in [0, 0.1) is 5.92 Å². The monoisotopic (exact) mass is 335 g/mol. The summed E-state index contributed by atoms with van der Waals surface area (Å²) in [6, 6.07) is 4.79. The molecule has 3 amide bonds. The second-order valence-electron chi connectivity index (χ2n) is 5.36. The summed E-state index contributed by atoms with van der Waals surface area (Å²) in [7, 11) is 2.93. The van der Waals surface area contributed by atoms with Crippen molar-refractivity contribution in [1.82, 2.24) is 10.6 Å². The lowest BCUT2D eigenvalue weighted by Crippen LogP contribution is -2.44. The maximum Gasteiger partial charge on any atom is 0.316 e. The highest BCUT2D eigenvalue weighted by atomic mass is 16.5. The van der Waals surface area contributed by atoms with Crippen molar-refractivity contribution in [2.45, 2.75) is 12.8 Å². The molecule has 1 aliphatic heterocycles. The minimum atomic E-state index is -0.997. The molecule has 1 saturated heterocycles. The number of hydrogen-bond acceptors (Lipinski definition) is 6. The van der Waals surface area contributed by atoms with Crippen molar-refractivity contribution in [3.05, 3.63) is 18.2 Å². The number of piperidine rings is 1. The Kier molecular flexibility index (Phi) is 6.14. The number of carbonyl (C=O) groups is 3. The molecular formula is C16H21N3O5. The quantitative estimate of drug-likeness (QED) is 0.683. The zero-order valence-corrected chi connectivity index (χ0v) is 13.7. The van der Waals surface area contributed by atoms with E-state index >= 15 is 0 Å². The van der Waals surface area contributed by atoms with Crippen LogP contribution in [0.1, 0.15) is 12.8 Å². The van der Waals surface area contributed by atoms with E-state index in [2.05, 4.69) is 16.0 Å². The molecule has 0 spiro atoms. The number of hydrogen-bond donors (Lipinski definition) is 3. The number of methoxy groups -OCH3 is 2. The highest BCUT2D eigenvalue weighted by molar-refractivity contribution is 6.42. The first-order valence-corrected chi connectivity index (χ1v) is 7.64. The zero-order chi connectivity index (χ0) is 17.5. The molecule has 0 aliphatic carbocycles. The summed E-state index contributed by atoms with van der Waals surface area (Å²) in [5, 5.41) is 7.70. The Morgan fingerprint density at radius 2 is 1.79 bits per heavy atom. The molecule has 0 aromatic heterocycles. The lowest BCUT2D eigenvalue weighted by molar-refractivity contribution is -0.141. The van der Waals surface area contributed by atoms with Crippen LogP contribution in [0.3, 0.4) is 0 Å². The number of carbonyl (C=O) groups excluding carboxylic acids is 3. The van der Waals surface area contributed by atoms with Crippen LogP contribution in [-0.2, 0) is 14.4 Å². The van der Waals surface area contributed by atoms with E-state index in [0.29, 0.717) is 24.3 Å². The van der Waals surface area contributed by atoms with Gasteiger partial charge < -0.3 is 20.1 Å². The lowest BCUT2D eigenvalue weighted by Gasteiger charge is -2.21. The first-order valence-electron chi connectivity index (χ1n) is 7.64. The molecule has 1 aromatic rings. The zero-order valence-electron chi connectivity index (χ0n) is 13.7. The van der Waals surface area contributed by atoms with Crippen LogP contribution in [0.25, 0.3) is 0 Å². The first-order chi connectivity index (χ1) is 11.5. The van der Waals surface area contributed by atoms with Gasteiger partial charge >= 0.3 is 11.8 Å². The summed E-state index contributed by atoms with van der Waals surface area (Å²) in [6.45, 7) is 1.44. The Morgan fingerprint density at radius 1 is 1.08 bits per heavy atom. The second-order valence-corrected chi connectivity index (χ2v) is 5.36. The van der Waals surface area contributed by atoms with E-state index in [1.165, 1.54) is 20.3 Å². The van der Waals surface area contributed by atoms with E-state index in [0.717, 1.165) is 13.1 Å². The molecular weight excluding hydrogens is 314 g/mol. The Morgan fingerprint density at radius 3 is 2.42 bits per heavy atom. The van der Waals surface area contributed by atoms with Crippen molar-refractivity contribution < 1.29 is 23.9 Å². The molecule has 0 radical (unpaired) electrons. The molecule has 130 valence electrons. The predicted octanol–water partition coefficient (Wildman–Crippen LogP) is 0.285. The molecule has 1 fully saturated rings. The van der Waals surface area contributed by atoms with Gasteiger partial charge in [0.1, 0.15) is 11.5 Å². The summed E-state index contributed by atoms with van der Waals surface area (Å²) in [5.74, 6) is -1.74. The van der Waals surface area contributed by atoms with E-state index in [4.69, 9.17) is 9.47 Å². The molecule has 3 N–H and O–H groups in total. The number of benzene rings is 1. The van der Waals surface area contributed by atoms with Gasteiger partial charge in [-0.15, -0.1) is 0 Å². The van der Waals surface area contributed by atoms with Gasteiger partial charge in [-0.3, -0.25) is 19.7 Å². The van der Waals surface area contributed by atoms with Crippen molar-refractivity contribution >= 4 is 23.4 Å². The third-order valence-electron chi connectivity index (χ3n) is 3.81. The van der Waals surface area contributed by atoms with Gasteiger partial charge in [-0.05, 0) is 38.1 Å². The van der Waals surface area contributed by atoms with Crippen molar-refractivity contribution in [2.75, 3.05) is 32.6 Å². The molecule has 1 aliphatic rings. The Bertz CT molecular complexity index is 626. The van der Waals surface area contributed by atoms with Gasteiger partial charge in [0, 0.05) is 12.0 Å². The fourth-order valence-corrected chi connectivity index (χ4v) is 2.45. The summed E-state index contributed by atoms with van der Waals surface area (Å²) in [5.41, 5.74) is 0.284. The number of anilines is 1. The van der Waals surface area contributed by atoms with Crippen molar-refractivity contribution in [3.8, 4) is 11.5 Å². The summed E-state index contributed by atoms with van der Waals surface area (Å²) >= 11 is 0. The SMILES string of the molecule is COc1ccc(OC)c(NC(=O)C(=O)NC(=O)C2CCNCC2)c1. The summed E-state index contributed by atoms with van der Waals surface area (Å²) in [6.07, 6.45) is 1.29. The highest BCUT2D eigenvalue weighted by Gasteiger charge is 2.25. The van der Waals surface area contributed by atoms with Gasteiger partial charge in [0.05, 0.1) is 19.9 Å². The third kappa shape index (κ3) is 4.45. The van der Waals surface area contributed by atoms with Gasteiger partial charge in [-0.1, -0.05) is 0 Å². The van der Waals surface area contributed by atoms with Gasteiger partial charge in [0.15, 0.2) is 0 Å². The van der Waals surface area contributed by atoms with E-state index < -0.39 is 17.7 Å². The maximum absolute atomic E-state index is 12.0. The van der Waals surface area contributed by atoms with Crippen LogP contribution in [0.5, 0.6) is 11.5 Å². The number of amides is 3. The molecule has 0 atom stereocenters. The number of nitrogens with one attached hydrogen (secondary N) is 3. The lowest BCUT2D eigenvalue weighted by atomic mass is 9.97. The fraction of sp³-hybridized carbons (Fsp3) is 0.438. The maximum atomic E-state index is 12.0. The Balaban J connectivity index is 1.98. The smallest absolute Gasteiger partial charge is 0.316 e. The summed E-state index contributed by atoms with van der Waals surface area (Å²) in [4.78, 5) is 35.9. The van der Waals surface area contributed by atoms with Gasteiger partial charge in [0.2, 0.25) is 5.91 Å². The van der Waals surface area contributed by atoms with Crippen molar-refractivity contribution in [2.24, 2.45) is 5.92 Å². The van der Waals surface area contributed by atoms with Crippen molar-refractivity contribution in [1.29, 1.82) is 0 Å². The molecule has 0 unspecified atom stereocenters. The number of ether oxygens (including phenoxy) is 2. The van der Waals surface area contributed by atoms with Crippen LogP contribution in [0.15, 0.2) is 18.2 Å². The Labute approximate surface area is 139 Å². The van der Waals surface area contributed by atoms with E-state index in [1.807, 2.05) is 0 Å². The van der Waals surface area contributed by atoms with Crippen LogP contribution >= 0.6 is 0 Å². The standard InChI is InChI=1S/C16H21N3O5/c1-23-11-3-4-13(24-2)12(9-11)18-15(21)16(22)19-14(20)10-5-7-17-8-6-10/h3-4,9-10,17H,5-8H2,1-2H3,(H,18,21)(H,19,20,22). The number of rotatable bonds is 4. The molecule has 1 aromatic carbocycles. The minimum Gasteiger partial charge on any atom is -0.497 e. The molecule has 0 saturated carbocycles. The predicted molar refractivity (Wildman–Crippen MR) is 86.9 cm³/mol. The van der Waals surface area contributed by atoms with Gasteiger partial charge in [-0.2, -0.15) is 0 Å². The average molecular weight is 335 g/mol. The van der Waals surface area contributed by atoms with Crippen LogP contribution in [0.2, 0.25) is 0 Å². The fourth-order valence-electron chi connectivity index (χ4n) is 2.45. The van der Waals surface area contributed by atoms with E-state index in [-0.39, 0.29) is 11.6 Å². The number of imide groups is 1. The summed E-state index contributed by atoms with van der Waals surface area (Å²) < 4.78 is 10.2. The third-order valence-corrected chi connectivity index (χ3v) is 3.81. The molecule has 8 heteroatoms. The minimum absolute atomic E-state index is 0.255. The van der Waals surface area contributed by atoms with Gasteiger partial charge in [-0.25, -0.2) is 0 Å². The topological polar surface area (TPSA) is 106 Å². The normalized spacial score (nSPS) is 14.6. The van der Waals surface area contributed by atoms with E-state index in [9.17, 15) is 14.4 Å².